The van der Waals surface area contributed by atoms with Crippen LogP contribution in [-0.2, 0) is 15.7 Å². The Kier molecular flexibility index (Phi) is 3.76. The quantitative estimate of drug-likeness (QED) is 0.620. The molecule has 0 bridgehead atoms. The number of carbonyl (C=O) groups is 1. The number of nitrogens with zero attached hydrogens (tertiary/aromatic N) is 1. The van der Waals surface area contributed by atoms with E-state index in [1.165, 1.54) is 0 Å². The van der Waals surface area contributed by atoms with Crippen LogP contribution < -0.4 is 0 Å². The minimum Gasteiger partial charge on any atom is -0.372 e. The summed E-state index contributed by atoms with van der Waals surface area (Å²) in [7, 11) is 0. The fourth-order valence-corrected chi connectivity index (χ4v) is 2.03. The zero-order valence-corrected chi connectivity index (χ0v) is 10.1. The molecule has 1 atom stereocenters. The van der Waals surface area contributed by atoms with Gasteiger partial charge in [0.2, 0.25) is 0 Å². The third-order valence-electron chi connectivity index (χ3n) is 3.01. The third kappa shape index (κ3) is 2.96. The lowest BCUT2D eigenvalue weighted by Crippen LogP contribution is -2.20. The SMILES string of the molecule is O=C1CCOC(c2ccc(C(F)(F)F)cc2[N+](=O)[O-])C1. The normalized spacial score (nSPS) is 19.9. The van der Waals surface area contributed by atoms with E-state index < -0.39 is 28.5 Å². The summed E-state index contributed by atoms with van der Waals surface area (Å²) in [5, 5.41) is 10.9. The smallest absolute Gasteiger partial charge is 0.372 e. The third-order valence-corrected chi connectivity index (χ3v) is 3.01. The van der Waals surface area contributed by atoms with Crippen molar-refractivity contribution < 1.29 is 27.6 Å². The zero-order chi connectivity index (χ0) is 14.9. The van der Waals surface area contributed by atoms with Crippen LogP contribution in [0.15, 0.2) is 18.2 Å². The second-order valence-electron chi connectivity index (χ2n) is 4.38. The number of carbonyl (C=O) groups excluding carboxylic acids is 1. The van der Waals surface area contributed by atoms with Gasteiger partial charge in [0.15, 0.2) is 0 Å². The number of rotatable bonds is 2. The second kappa shape index (κ2) is 5.20. The number of halogens is 3. The summed E-state index contributed by atoms with van der Waals surface area (Å²) < 4.78 is 42.9. The average Bonchev–Trinajstić information content (AvgIpc) is 2.37. The van der Waals surface area contributed by atoms with E-state index in [9.17, 15) is 28.1 Å². The Morgan fingerprint density at radius 1 is 1.35 bits per heavy atom. The molecule has 20 heavy (non-hydrogen) atoms. The molecule has 1 fully saturated rings. The lowest BCUT2D eigenvalue weighted by atomic mass is 9.97. The van der Waals surface area contributed by atoms with E-state index in [2.05, 4.69) is 0 Å². The van der Waals surface area contributed by atoms with Gasteiger partial charge in [0.25, 0.3) is 5.69 Å². The van der Waals surface area contributed by atoms with Gasteiger partial charge < -0.3 is 4.74 Å². The van der Waals surface area contributed by atoms with Crippen LogP contribution in [-0.4, -0.2) is 17.3 Å². The summed E-state index contributed by atoms with van der Waals surface area (Å²) in [6.07, 6.45) is -5.37. The van der Waals surface area contributed by atoms with Gasteiger partial charge in [0.1, 0.15) is 5.78 Å². The highest BCUT2D eigenvalue weighted by Gasteiger charge is 2.35. The van der Waals surface area contributed by atoms with Crippen molar-refractivity contribution in [3.05, 3.63) is 39.4 Å². The number of hydrogen-bond donors (Lipinski definition) is 0. The monoisotopic (exact) mass is 289 g/mol. The molecule has 0 amide bonds. The van der Waals surface area contributed by atoms with Crippen molar-refractivity contribution in [1.82, 2.24) is 0 Å². The molecule has 1 saturated heterocycles. The topological polar surface area (TPSA) is 69.4 Å². The van der Waals surface area contributed by atoms with Gasteiger partial charge >= 0.3 is 6.18 Å². The van der Waals surface area contributed by atoms with Crippen LogP contribution in [0.2, 0.25) is 0 Å². The molecule has 0 saturated carbocycles. The Hall–Kier alpha value is -1.96. The molecule has 1 heterocycles. The lowest BCUT2D eigenvalue weighted by Gasteiger charge is -2.22. The van der Waals surface area contributed by atoms with E-state index in [-0.39, 0.29) is 30.8 Å². The van der Waals surface area contributed by atoms with Gasteiger partial charge in [0, 0.05) is 18.9 Å². The minimum atomic E-state index is -4.66. The number of ketones is 1. The van der Waals surface area contributed by atoms with Gasteiger partial charge in [-0.25, -0.2) is 0 Å². The molecule has 0 radical (unpaired) electrons. The molecule has 1 aliphatic rings. The van der Waals surface area contributed by atoms with Crippen LogP contribution in [0.5, 0.6) is 0 Å². The molecular weight excluding hydrogens is 279 g/mol. The summed E-state index contributed by atoms with van der Waals surface area (Å²) in [5.74, 6) is -0.129. The van der Waals surface area contributed by atoms with Gasteiger partial charge in [-0.15, -0.1) is 0 Å². The molecule has 2 rings (SSSR count). The molecule has 1 aromatic rings. The number of benzene rings is 1. The first-order valence-corrected chi connectivity index (χ1v) is 5.78. The zero-order valence-electron chi connectivity index (χ0n) is 10.1. The standard InChI is InChI=1S/C12H10F3NO4/c13-12(14,15)7-1-2-9(10(5-7)16(18)19)11-6-8(17)3-4-20-11/h1-2,5,11H,3-4,6H2. The maximum absolute atomic E-state index is 12.6. The van der Waals surface area contributed by atoms with E-state index in [1.807, 2.05) is 0 Å². The van der Waals surface area contributed by atoms with Crippen LogP contribution in [0, 0.1) is 10.1 Å². The molecule has 1 aliphatic heterocycles. The number of Topliss-reactive ketones (excluding diaryl/α,β-unsaturated/α-hetero) is 1. The Bertz CT molecular complexity index is 556. The summed E-state index contributed by atoms with van der Waals surface area (Å²) in [4.78, 5) is 21.4. The highest BCUT2D eigenvalue weighted by Crippen LogP contribution is 2.37. The maximum atomic E-state index is 12.6. The molecule has 0 N–H and O–H groups in total. The molecule has 0 aliphatic carbocycles. The maximum Gasteiger partial charge on any atom is 0.416 e. The summed E-state index contributed by atoms with van der Waals surface area (Å²) >= 11 is 0. The van der Waals surface area contributed by atoms with Gasteiger partial charge in [-0.3, -0.25) is 14.9 Å². The summed E-state index contributed by atoms with van der Waals surface area (Å²) in [6.45, 7) is 0.113. The van der Waals surface area contributed by atoms with Crippen LogP contribution in [0.25, 0.3) is 0 Å². The van der Waals surface area contributed by atoms with Crippen molar-refractivity contribution >= 4 is 11.5 Å². The van der Waals surface area contributed by atoms with E-state index >= 15 is 0 Å². The fourth-order valence-electron chi connectivity index (χ4n) is 2.03. The van der Waals surface area contributed by atoms with E-state index in [0.717, 1.165) is 12.1 Å². The van der Waals surface area contributed by atoms with Crippen molar-refractivity contribution in [2.45, 2.75) is 25.1 Å². The number of alkyl halides is 3. The van der Waals surface area contributed by atoms with Crippen LogP contribution in [0.1, 0.15) is 30.1 Å². The Balaban J connectivity index is 2.42. The van der Waals surface area contributed by atoms with Gasteiger partial charge in [0.05, 0.1) is 28.8 Å². The highest BCUT2D eigenvalue weighted by atomic mass is 19.4. The van der Waals surface area contributed by atoms with Crippen molar-refractivity contribution in [2.75, 3.05) is 6.61 Å². The molecule has 0 aromatic heterocycles. The molecule has 1 aromatic carbocycles. The summed E-state index contributed by atoms with van der Waals surface area (Å²) in [5.41, 5.74) is -1.79. The molecule has 1 unspecified atom stereocenters. The molecule has 8 heteroatoms. The van der Waals surface area contributed by atoms with Crippen molar-refractivity contribution in [3.8, 4) is 0 Å². The lowest BCUT2D eigenvalue weighted by molar-refractivity contribution is -0.386. The van der Waals surface area contributed by atoms with Crippen LogP contribution in [0.4, 0.5) is 18.9 Å². The highest BCUT2D eigenvalue weighted by molar-refractivity contribution is 5.80. The van der Waals surface area contributed by atoms with Gasteiger partial charge in [-0.1, -0.05) is 0 Å². The first kappa shape index (κ1) is 14.4. The number of nitro groups is 1. The van der Waals surface area contributed by atoms with E-state index in [4.69, 9.17) is 4.74 Å². The Labute approximate surface area is 111 Å². The van der Waals surface area contributed by atoms with Gasteiger partial charge in [-0.2, -0.15) is 13.2 Å². The van der Waals surface area contributed by atoms with Crippen molar-refractivity contribution in [1.29, 1.82) is 0 Å². The number of ether oxygens (including phenoxy) is 1. The average molecular weight is 289 g/mol. The number of nitro benzene ring substituents is 1. The predicted molar refractivity (Wildman–Crippen MR) is 61.0 cm³/mol. The largest absolute Gasteiger partial charge is 0.416 e. The van der Waals surface area contributed by atoms with Crippen LogP contribution >= 0.6 is 0 Å². The second-order valence-corrected chi connectivity index (χ2v) is 4.38. The molecular formula is C12H10F3NO4. The Morgan fingerprint density at radius 3 is 2.60 bits per heavy atom. The first-order chi connectivity index (χ1) is 9.29. The summed E-state index contributed by atoms with van der Waals surface area (Å²) in [6, 6.07) is 2.23. The van der Waals surface area contributed by atoms with Gasteiger partial charge in [-0.05, 0) is 12.1 Å². The Morgan fingerprint density at radius 2 is 2.05 bits per heavy atom. The van der Waals surface area contributed by atoms with Crippen molar-refractivity contribution in [2.24, 2.45) is 0 Å². The van der Waals surface area contributed by atoms with Crippen LogP contribution in [0.3, 0.4) is 0 Å². The molecule has 108 valence electrons. The van der Waals surface area contributed by atoms with E-state index in [1.54, 1.807) is 0 Å². The predicted octanol–water partition coefficient (Wildman–Crippen LogP) is 3.03. The first-order valence-electron chi connectivity index (χ1n) is 5.78. The minimum absolute atomic E-state index is 0.00366. The van der Waals surface area contributed by atoms with Crippen molar-refractivity contribution in [3.63, 3.8) is 0 Å². The fraction of sp³-hybridized carbons (Fsp3) is 0.417. The number of hydrogen-bond acceptors (Lipinski definition) is 4. The van der Waals surface area contributed by atoms with E-state index in [0.29, 0.717) is 6.07 Å². The molecule has 5 nitrogen and oxygen atoms in total. The molecule has 0 spiro atoms.